The fraction of sp³-hybridized carbons (Fsp3) is 0.480. The van der Waals surface area contributed by atoms with Crippen LogP contribution in [0.2, 0.25) is 0 Å². The van der Waals surface area contributed by atoms with E-state index in [1.54, 1.807) is 14.2 Å². The van der Waals surface area contributed by atoms with Crippen molar-refractivity contribution in [2.75, 3.05) is 20.8 Å². The number of nitrogens with zero attached hydrogens (tertiary/aromatic N) is 1. The zero-order chi connectivity index (χ0) is 21.1. The topological polar surface area (TPSA) is 40.0 Å². The van der Waals surface area contributed by atoms with E-state index in [-0.39, 0.29) is 6.04 Å². The molecule has 0 amide bonds. The van der Waals surface area contributed by atoms with Crippen LogP contribution >= 0.6 is 7.92 Å². The maximum atomic E-state index is 6.17. The van der Waals surface area contributed by atoms with Gasteiger partial charge in [0.1, 0.15) is 18.1 Å². The average molecular weight is 426 g/mol. The van der Waals surface area contributed by atoms with Crippen molar-refractivity contribution in [2.45, 2.75) is 44.8 Å². The van der Waals surface area contributed by atoms with Gasteiger partial charge in [0.2, 0.25) is 0 Å². The molecule has 1 aliphatic carbocycles. The van der Waals surface area contributed by atoms with E-state index in [9.17, 15) is 0 Å². The first kappa shape index (κ1) is 21.2. The number of methoxy groups -OCH3 is 2. The molecule has 0 saturated heterocycles. The molecular weight excluding hydrogens is 393 g/mol. The number of hydrogen-bond donors (Lipinski definition) is 0. The highest BCUT2D eigenvalue weighted by molar-refractivity contribution is 7.74. The maximum Gasteiger partial charge on any atom is 0.187 e. The molecule has 1 aliphatic heterocycles. The van der Waals surface area contributed by atoms with Crippen LogP contribution in [0, 0.1) is 11.8 Å². The Morgan fingerprint density at radius 2 is 1.53 bits per heavy atom. The molecule has 0 aromatic heterocycles. The fourth-order valence-corrected chi connectivity index (χ4v) is 7.99. The van der Waals surface area contributed by atoms with E-state index in [4.69, 9.17) is 19.2 Å². The molecule has 160 valence electrons. The lowest BCUT2D eigenvalue weighted by molar-refractivity contribution is 0.277. The van der Waals surface area contributed by atoms with Gasteiger partial charge in [-0.3, -0.25) is 0 Å². The van der Waals surface area contributed by atoms with Gasteiger partial charge in [-0.1, -0.05) is 56.7 Å². The summed E-state index contributed by atoms with van der Waals surface area (Å²) < 4.78 is 17.8. The van der Waals surface area contributed by atoms with E-state index in [0.29, 0.717) is 17.5 Å². The molecule has 0 bridgehead atoms. The molecule has 3 unspecified atom stereocenters. The second kappa shape index (κ2) is 9.39. The highest BCUT2D eigenvalue weighted by atomic mass is 31.1. The molecule has 30 heavy (non-hydrogen) atoms. The monoisotopic (exact) mass is 425 g/mol. The molecule has 5 heteroatoms. The molecule has 4 rings (SSSR count). The molecule has 2 aromatic rings. The number of ether oxygens (including phenoxy) is 3. The number of para-hydroxylation sites is 2. The zero-order valence-corrected chi connectivity index (χ0v) is 19.3. The minimum atomic E-state index is -0.701. The van der Waals surface area contributed by atoms with E-state index in [2.05, 4.69) is 50.2 Å². The second-order valence-electron chi connectivity index (χ2n) is 8.41. The molecule has 4 nitrogen and oxygen atoms in total. The molecule has 2 aliphatic rings. The van der Waals surface area contributed by atoms with Crippen molar-refractivity contribution in [3.8, 4) is 11.5 Å². The van der Waals surface area contributed by atoms with Crippen LogP contribution in [0.25, 0.3) is 0 Å². The Labute approximate surface area is 181 Å². The summed E-state index contributed by atoms with van der Waals surface area (Å²) in [5, 5.41) is 2.55. The Hall–Kier alpha value is -2.06. The van der Waals surface area contributed by atoms with Gasteiger partial charge in [0.25, 0.3) is 0 Å². The van der Waals surface area contributed by atoms with E-state index in [1.165, 1.54) is 23.5 Å². The lowest BCUT2D eigenvalue weighted by atomic mass is 10.1. The minimum Gasteiger partial charge on any atom is -0.496 e. The van der Waals surface area contributed by atoms with Crippen LogP contribution in [0.4, 0.5) is 0 Å². The Bertz CT molecular complexity index is 850. The van der Waals surface area contributed by atoms with Crippen LogP contribution in [0.5, 0.6) is 11.5 Å². The summed E-state index contributed by atoms with van der Waals surface area (Å²) in [4.78, 5) is 5.02. The van der Waals surface area contributed by atoms with Crippen LogP contribution in [-0.2, 0) is 4.74 Å². The Balaban J connectivity index is 1.79. The maximum absolute atomic E-state index is 6.17. The highest BCUT2D eigenvalue weighted by Crippen LogP contribution is 2.53. The standard InChI is InChI=1S/C25H32NO3P/c1-17(2)19-16-29-25(26-19)18-10-9-15-22(18)30(23-13-7-5-11-20(23)27-3)24-14-8-6-12-21(24)28-4/h5-8,11-14,17-19,22H,9-10,15-16H2,1-4H3. The van der Waals surface area contributed by atoms with E-state index in [1.807, 2.05) is 12.1 Å². The molecular formula is C25H32NO3P. The van der Waals surface area contributed by atoms with E-state index in [0.717, 1.165) is 30.4 Å². The van der Waals surface area contributed by atoms with Crippen LogP contribution in [0.3, 0.4) is 0 Å². The smallest absolute Gasteiger partial charge is 0.187 e. The summed E-state index contributed by atoms with van der Waals surface area (Å²) in [5.74, 6) is 3.75. The van der Waals surface area contributed by atoms with Gasteiger partial charge in [0.15, 0.2) is 5.90 Å². The Morgan fingerprint density at radius 1 is 0.933 bits per heavy atom. The lowest BCUT2D eigenvalue weighted by Gasteiger charge is -2.31. The van der Waals surface area contributed by atoms with Crippen molar-refractivity contribution in [2.24, 2.45) is 16.8 Å². The predicted molar refractivity (Wildman–Crippen MR) is 125 cm³/mol. The number of rotatable bonds is 7. The number of aliphatic imine (C=N–C) groups is 1. The second-order valence-corrected chi connectivity index (χ2v) is 10.8. The molecule has 0 N–H and O–H groups in total. The first-order valence-electron chi connectivity index (χ1n) is 10.9. The molecule has 0 spiro atoms. The van der Waals surface area contributed by atoms with Crippen LogP contribution in [0.15, 0.2) is 53.5 Å². The summed E-state index contributed by atoms with van der Waals surface area (Å²) in [7, 11) is 2.82. The Morgan fingerprint density at radius 3 is 2.07 bits per heavy atom. The molecule has 0 radical (unpaired) electrons. The SMILES string of the molecule is COc1ccccc1P(c1ccccc1OC)C1CCCC1C1=NC(C(C)C)CO1. The lowest BCUT2D eigenvalue weighted by Crippen LogP contribution is -2.30. The van der Waals surface area contributed by atoms with Gasteiger partial charge < -0.3 is 14.2 Å². The third-order valence-electron chi connectivity index (χ3n) is 6.28. The Kier molecular flexibility index (Phi) is 6.63. The molecule has 2 aromatic carbocycles. The largest absolute Gasteiger partial charge is 0.496 e. The molecule has 1 fully saturated rings. The van der Waals surface area contributed by atoms with E-state index < -0.39 is 7.92 Å². The van der Waals surface area contributed by atoms with Gasteiger partial charge in [0.05, 0.1) is 20.3 Å². The molecule has 1 saturated carbocycles. The van der Waals surface area contributed by atoms with Crippen molar-refractivity contribution in [1.29, 1.82) is 0 Å². The van der Waals surface area contributed by atoms with Crippen molar-refractivity contribution in [3.63, 3.8) is 0 Å². The van der Waals surface area contributed by atoms with Gasteiger partial charge in [-0.25, -0.2) is 4.99 Å². The highest BCUT2D eigenvalue weighted by Gasteiger charge is 2.42. The van der Waals surface area contributed by atoms with Crippen LogP contribution in [0.1, 0.15) is 33.1 Å². The van der Waals surface area contributed by atoms with Crippen LogP contribution < -0.4 is 20.1 Å². The average Bonchev–Trinajstić information content (AvgIpc) is 3.44. The molecule has 3 atom stereocenters. The van der Waals surface area contributed by atoms with Crippen molar-refractivity contribution in [3.05, 3.63) is 48.5 Å². The predicted octanol–water partition coefficient (Wildman–Crippen LogP) is 4.76. The first-order chi connectivity index (χ1) is 14.6. The summed E-state index contributed by atoms with van der Waals surface area (Å²) >= 11 is 0. The third-order valence-corrected chi connectivity index (χ3v) is 9.34. The first-order valence-corrected chi connectivity index (χ1v) is 12.3. The van der Waals surface area contributed by atoms with Gasteiger partial charge in [0, 0.05) is 16.5 Å². The van der Waals surface area contributed by atoms with E-state index >= 15 is 0 Å². The van der Waals surface area contributed by atoms with Gasteiger partial charge in [-0.05, 0) is 44.5 Å². The molecule has 1 heterocycles. The summed E-state index contributed by atoms with van der Waals surface area (Å²) in [6.45, 7) is 5.17. The summed E-state index contributed by atoms with van der Waals surface area (Å²) in [5.41, 5.74) is 0.456. The number of benzene rings is 2. The van der Waals surface area contributed by atoms with Crippen LogP contribution in [-0.4, -0.2) is 38.4 Å². The van der Waals surface area contributed by atoms with Gasteiger partial charge >= 0.3 is 0 Å². The minimum absolute atomic E-state index is 0.282. The van der Waals surface area contributed by atoms with Gasteiger partial charge in [-0.15, -0.1) is 0 Å². The van der Waals surface area contributed by atoms with Gasteiger partial charge in [-0.2, -0.15) is 0 Å². The quantitative estimate of drug-likeness (QED) is 0.601. The normalized spacial score (nSPS) is 23.5. The van der Waals surface area contributed by atoms with Crippen molar-refractivity contribution in [1.82, 2.24) is 0 Å². The van der Waals surface area contributed by atoms with Crippen molar-refractivity contribution >= 4 is 24.4 Å². The third kappa shape index (κ3) is 4.07. The number of hydrogen-bond acceptors (Lipinski definition) is 4. The summed E-state index contributed by atoms with van der Waals surface area (Å²) in [6.07, 6.45) is 3.51. The summed E-state index contributed by atoms with van der Waals surface area (Å²) in [6, 6.07) is 17.2. The van der Waals surface area contributed by atoms with Crippen molar-refractivity contribution < 1.29 is 14.2 Å². The fourth-order valence-electron chi connectivity index (χ4n) is 4.64. The zero-order valence-electron chi connectivity index (χ0n) is 18.4.